The first kappa shape index (κ1) is 23.3. The van der Waals surface area contributed by atoms with Crippen LogP contribution in [-0.2, 0) is 15.9 Å². The van der Waals surface area contributed by atoms with Gasteiger partial charge in [0.1, 0.15) is 11.3 Å². The van der Waals surface area contributed by atoms with Crippen molar-refractivity contribution in [2.45, 2.75) is 51.2 Å². The molecule has 1 unspecified atom stereocenters. The van der Waals surface area contributed by atoms with Gasteiger partial charge in [-0.05, 0) is 44.7 Å². The van der Waals surface area contributed by atoms with Gasteiger partial charge in [-0.2, -0.15) is 0 Å². The number of aliphatic imine (C=N–C) groups is 1. The van der Waals surface area contributed by atoms with E-state index >= 15 is 0 Å². The predicted molar refractivity (Wildman–Crippen MR) is 131 cm³/mol. The predicted octanol–water partition coefficient (Wildman–Crippen LogP) is 4.22. The lowest BCUT2D eigenvalue weighted by atomic mass is 10.1. The Hall–Kier alpha value is -1.32. The number of ether oxygens (including phenoxy) is 2. The Morgan fingerprint density at radius 2 is 2.07 bits per heavy atom. The van der Waals surface area contributed by atoms with Crippen LogP contribution in [0, 0.1) is 0 Å². The number of guanidine groups is 1. The number of halogens is 1. The smallest absolute Gasteiger partial charge is 0.193 e. The normalized spacial score (nSPS) is 20.5. The molecular formula is C23H34IN3O3. The Morgan fingerprint density at radius 3 is 2.80 bits per heavy atom. The van der Waals surface area contributed by atoms with E-state index in [9.17, 15) is 0 Å². The Balaban J connectivity index is 0.00000256. The molecule has 0 amide bonds. The van der Waals surface area contributed by atoms with Crippen molar-refractivity contribution < 1.29 is 13.9 Å². The molecule has 3 heterocycles. The van der Waals surface area contributed by atoms with Crippen LogP contribution in [0.25, 0.3) is 11.0 Å². The summed E-state index contributed by atoms with van der Waals surface area (Å²) in [5, 5.41) is 4.60. The first-order chi connectivity index (χ1) is 14.3. The Morgan fingerprint density at radius 1 is 1.23 bits per heavy atom. The topological polar surface area (TPSA) is 59.2 Å². The maximum Gasteiger partial charge on any atom is 0.193 e. The van der Waals surface area contributed by atoms with Crippen molar-refractivity contribution in [3.05, 3.63) is 36.1 Å². The minimum Gasteiger partial charge on any atom is -0.461 e. The molecule has 1 aromatic carbocycles. The lowest BCUT2D eigenvalue weighted by molar-refractivity contribution is -0.0367. The van der Waals surface area contributed by atoms with Crippen molar-refractivity contribution in [3.8, 4) is 0 Å². The fraction of sp³-hybridized carbons (Fsp3) is 0.609. The van der Waals surface area contributed by atoms with E-state index in [1.807, 2.05) is 18.2 Å². The number of nitrogens with one attached hydrogen (secondary N) is 1. The summed E-state index contributed by atoms with van der Waals surface area (Å²) < 4.78 is 17.7. The molecule has 30 heavy (non-hydrogen) atoms. The molecule has 4 rings (SSSR count). The third-order valence-corrected chi connectivity index (χ3v) is 5.71. The zero-order valence-electron chi connectivity index (χ0n) is 17.8. The minimum atomic E-state index is 0. The molecule has 1 atom stereocenters. The van der Waals surface area contributed by atoms with Crippen LogP contribution in [0.1, 0.15) is 38.4 Å². The molecule has 2 saturated heterocycles. The van der Waals surface area contributed by atoms with Crippen molar-refractivity contribution in [1.82, 2.24) is 10.2 Å². The fourth-order valence-corrected chi connectivity index (χ4v) is 4.11. The molecule has 0 spiro atoms. The van der Waals surface area contributed by atoms with E-state index in [2.05, 4.69) is 29.3 Å². The van der Waals surface area contributed by atoms with Crippen LogP contribution >= 0.6 is 24.0 Å². The van der Waals surface area contributed by atoms with E-state index < -0.39 is 0 Å². The van der Waals surface area contributed by atoms with Gasteiger partial charge in [-0.3, -0.25) is 4.99 Å². The summed E-state index contributed by atoms with van der Waals surface area (Å²) in [6, 6.07) is 10.3. The van der Waals surface area contributed by atoms with E-state index in [4.69, 9.17) is 18.9 Å². The van der Waals surface area contributed by atoms with E-state index in [1.165, 1.54) is 6.42 Å². The van der Waals surface area contributed by atoms with Crippen molar-refractivity contribution in [3.63, 3.8) is 0 Å². The maximum atomic E-state index is 6.10. The maximum absolute atomic E-state index is 6.10. The number of nitrogens with zero attached hydrogens (tertiary/aromatic N) is 2. The second kappa shape index (κ2) is 11.9. The molecule has 0 aliphatic carbocycles. The summed E-state index contributed by atoms with van der Waals surface area (Å²) in [6.07, 6.45) is 5.86. The largest absolute Gasteiger partial charge is 0.461 e. The standard InChI is InChI=1S/C23H33N3O3.HI/c1-2-24-23(25-12-9-20-16-18-6-3-4-8-22(18)29-20)26-13-10-19(11-14-26)28-17-21-7-5-15-27-21;/h3-4,6,8,16,19,21H,2,5,7,9-15,17H2,1H3,(H,24,25);1H. The summed E-state index contributed by atoms with van der Waals surface area (Å²) in [5.41, 5.74) is 0.948. The van der Waals surface area contributed by atoms with Crippen molar-refractivity contribution in [2.24, 2.45) is 4.99 Å². The van der Waals surface area contributed by atoms with Crippen LogP contribution in [0.5, 0.6) is 0 Å². The number of benzene rings is 1. The first-order valence-electron chi connectivity index (χ1n) is 11.1. The van der Waals surface area contributed by atoms with Gasteiger partial charge < -0.3 is 24.1 Å². The van der Waals surface area contributed by atoms with Crippen molar-refractivity contribution >= 4 is 40.9 Å². The van der Waals surface area contributed by atoms with Gasteiger partial charge in [-0.1, -0.05) is 18.2 Å². The van der Waals surface area contributed by atoms with Crippen LogP contribution in [0.2, 0.25) is 0 Å². The number of furan rings is 1. The summed E-state index contributed by atoms with van der Waals surface area (Å²) in [4.78, 5) is 7.20. The second-order valence-corrected chi connectivity index (χ2v) is 7.89. The lowest BCUT2D eigenvalue weighted by Gasteiger charge is -2.34. The molecule has 2 aliphatic rings. The van der Waals surface area contributed by atoms with Crippen LogP contribution in [0.15, 0.2) is 39.7 Å². The van der Waals surface area contributed by atoms with E-state index in [0.29, 0.717) is 12.2 Å². The highest BCUT2D eigenvalue weighted by Crippen LogP contribution is 2.20. The molecular weight excluding hydrogens is 493 g/mol. The molecule has 7 heteroatoms. The summed E-state index contributed by atoms with van der Waals surface area (Å²) in [7, 11) is 0. The highest BCUT2D eigenvalue weighted by Gasteiger charge is 2.24. The SMILES string of the molecule is CCNC(=NCCc1cc2ccccc2o1)N1CCC(OCC2CCCO2)CC1.I. The van der Waals surface area contributed by atoms with Crippen LogP contribution in [0.3, 0.4) is 0 Å². The van der Waals surface area contributed by atoms with Crippen LogP contribution < -0.4 is 5.32 Å². The van der Waals surface area contributed by atoms with Gasteiger partial charge in [0, 0.05) is 44.6 Å². The molecule has 1 N–H and O–H groups in total. The van der Waals surface area contributed by atoms with E-state index in [1.54, 1.807) is 0 Å². The van der Waals surface area contributed by atoms with E-state index in [-0.39, 0.29) is 24.0 Å². The summed E-state index contributed by atoms with van der Waals surface area (Å²) >= 11 is 0. The van der Waals surface area contributed by atoms with Crippen LogP contribution in [0.4, 0.5) is 0 Å². The number of hydrogen-bond acceptors (Lipinski definition) is 4. The molecule has 2 aromatic rings. The van der Waals surface area contributed by atoms with Crippen molar-refractivity contribution in [2.75, 3.05) is 39.4 Å². The molecule has 0 bridgehead atoms. The Labute approximate surface area is 196 Å². The number of para-hydroxylation sites is 1. The molecule has 166 valence electrons. The van der Waals surface area contributed by atoms with Gasteiger partial charge >= 0.3 is 0 Å². The first-order valence-corrected chi connectivity index (χ1v) is 11.1. The number of piperidine rings is 1. The monoisotopic (exact) mass is 527 g/mol. The van der Waals surface area contributed by atoms with Crippen molar-refractivity contribution in [1.29, 1.82) is 0 Å². The van der Waals surface area contributed by atoms with Gasteiger partial charge in [0.25, 0.3) is 0 Å². The number of hydrogen-bond donors (Lipinski definition) is 1. The zero-order chi connectivity index (χ0) is 19.9. The molecule has 2 fully saturated rings. The summed E-state index contributed by atoms with van der Waals surface area (Å²) in [6.45, 7) is 7.31. The number of fused-ring (bicyclic) bond motifs is 1. The zero-order valence-corrected chi connectivity index (χ0v) is 20.2. The van der Waals surface area contributed by atoms with Gasteiger partial charge in [-0.15, -0.1) is 24.0 Å². The molecule has 0 saturated carbocycles. The number of rotatable bonds is 7. The van der Waals surface area contributed by atoms with E-state index in [0.717, 1.165) is 87.8 Å². The third kappa shape index (κ3) is 6.34. The van der Waals surface area contributed by atoms with Crippen LogP contribution in [-0.4, -0.2) is 62.5 Å². The Kier molecular flexibility index (Phi) is 9.27. The quantitative estimate of drug-likeness (QED) is 0.332. The third-order valence-electron chi connectivity index (χ3n) is 5.71. The van der Waals surface area contributed by atoms with Gasteiger partial charge in [-0.25, -0.2) is 0 Å². The molecule has 1 aromatic heterocycles. The molecule has 2 aliphatic heterocycles. The minimum absolute atomic E-state index is 0. The highest BCUT2D eigenvalue weighted by molar-refractivity contribution is 14.0. The number of likely N-dealkylation sites (tertiary alicyclic amines) is 1. The highest BCUT2D eigenvalue weighted by atomic mass is 127. The summed E-state index contributed by atoms with van der Waals surface area (Å²) in [5.74, 6) is 1.99. The second-order valence-electron chi connectivity index (χ2n) is 7.89. The van der Waals surface area contributed by atoms with Gasteiger partial charge in [0.2, 0.25) is 0 Å². The Bertz CT molecular complexity index is 763. The van der Waals surface area contributed by atoms with Gasteiger partial charge in [0.15, 0.2) is 5.96 Å². The average Bonchev–Trinajstić information content (AvgIpc) is 3.41. The molecule has 6 nitrogen and oxygen atoms in total. The average molecular weight is 527 g/mol. The fourth-order valence-electron chi connectivity index (χ4n) is 4.11. The molecule has 0 radical (unpaired) electrons. The lowest BCUT2D eigenvalue weighted by Crippen LogP contribution is -2.47. The van der Waals surface area contributed by atoms with Gasteiger partial charge in [0.05, 0.1) is 18.8 Å².